The molecule has 1 aliphatic rings. The van der Waals surface area contributed by atoms with E-state index < -0.39 is 21.1 Å². The lowest BCUT2D eigenvalue weighted by Crippen LogP contribution is -2.45. The second-order valence-corrected chi connectivity index (χ2v) is 12.2. The molecular weight excluding hydrogens is 542 g/mol. The van der Waals surface area contributed by atoms with E-state index in [2.05, 4.69) is 25.3 Å². The summed E-state index contributed by atoms with van der Waals surface area (Å²) in [5.41, 5.74) is 0.563. The van der Waals surface area contributed by atoms with Crippen LogP contribution >= 0.6 is 11.8 Å². The molecule has 0 fully saturated rings. The van der Waals surface area contributed by atoms with Crippen molar-refractivity contribution < 1.29 is 13.2 Å². The van der Waals surface area contributed by atoms with Crippen molar-refractivity contribution in [3.63, 3.8) is 0 Å². The van der Waals surface area contributed by atoms with Crippen molar-refractivity contribution in [2.24, 2.45) is 0 Å². The highest BCUT2D eigenvalue weighted by atomic mass is 32.2. The number of hydrogen-bond acceptors (Lipinski definition) is 9. The van der Waals surface area contributed by atoms with Crippen LogP contribution in [0.1, 0.15) is 25.7 Å². The first-order chi connectivity index (χ1) is 18.9. The maximum Gasteiger partial charge on any atom is 0.332 e. The number of H-pyrrole nitrogens is 1. The van der Waals surface area contributed by atoms with Crippen molar-refractivity contribution >= 4 is 38.7 Å². The Bertz CT molecular complexity index is 1730. The van der Waals surface area contributed by atoms with Gasteiger partial charge in [0.05, 0.1) is 17.6 Å². The Balaban J connectivity index is 1.20. The van der Waals surface area contributed by atoms with Gasteiger partial charge in [-0.2, -0.15) is 0 Å². The number of fused-ring (bicyclic) bond motifs is 2. The van der Waals surface area contributed by atoms with Gasteiger partial charge in [-0.25, -0.2) is 28.2 Å². The van der Waals surface area contributed by atoms with Gasteiger partial charge in [0.2, 0.25) is 5.91 Å². The number of nitrogens with one attached hydrogen (secondary N) is 2. The number of benzene rings is 1. The van der Waals surface area contributed by atoms with Gasteiger partial charge in [0.1, 0.15) is 16.9 Å². The highest BCUT2D eigenvalue weighted by molar-refractivity contribution is 7.99. The molecule has 3 aromatic heterocycles. The van der Waals surface area contributed by atoms with E-state index in [0.29, 0.717) is 42.6 Å². The normalized spacial score (nSPS) is 14.3. The van der Waals surface area contributed by atoms with Crippen LogP contribution in [0.3, 0.4) is 0 Å². The standard InChI is InChI=1S/C25H27N7O5S2/c33-18(9-4-13-38-22-20-21(28-15-27-20)29-16-30-22)26-10-5-11-31-23(34)19(17-7-2-1-3-8-17)24-32(25(31)35)12-6-14-39(24,36)37/h1-3,7-8,15-16H,4-6,9-14H2,(H,26,33)(H,27,28,29,30). The molecule has 0 saturated heterocycles. The van der Waals surface area contributed by atoms with Crippen molar-refractivity contribution in [1.29, 1.82) is 0 Å². The minimum atomic E-state index is -3.78. The molecule has 39 heavy (non-hydrogen) atoms. The van der Waals surface area contributed by atoms with E-state index in [1.54, 1.807) is 36.7 Å². The lowest BCUT2D eigenvalue weighted by atomic mass is 10.1. The summed E-state index contributed by atoms with van der Waals surface area (Å²) >= 11 is 1.52. The van der Waals surface area contributed by atoms with Gasteiger partial charge in [-0.15, -0.1) is 11.8 Å². The summed E-state index contributed by atoms with van der Waals surface area (Å²) in [6.45, 7) is 0.560. The van der Waals surface area contributed by atoms with Crippen LogP contribution in [-0.2, 0) is 27.7 Å². The molecule has 0 radical (unpaired) electrons. The molecule has 5 rings (SSSR count). The molecule has 204 valence electrons. The van der Waals surface area contributed by atoms with Crippen LogP contribution in [0, 0.1) is 0 Å². The first kappa shape index (κ1) is 26.8. The molecule has 0 unspecified atom stereocenters. The van der Waals surface area contributed by atoms with Gasteiger partial charge < -0.3 is 10.3 Å². The van der Waals surface area contributed by atoms with Crippen molar-refractivity contribution in [2.45, 2.75) is 48.8 Å². The fourth-order valence-corrected chi connectivity index (χ4v) is 7.19. The Kier molecular flexibility index (Phi) is 7.93. The summed E-state index contributed by atoms with van der Waals surface area (Å²) in [7, 11) is -3.78. The molecule has 0 atom stereocenters. The van der Waals surface area contributed by atoms with Crippen molar-refractivity contribution in [3.8, 4) is 11.1 Å². The molecule has 2 N–H and O–H groups in total. The number of amides is 1. The fourth-order valence-electron chi connectivity index (χ4n) is 4.57. The predicted octanol–water partition coefficient (Wildman–Crippen LogP) is 1.60. The number of thioether (sulfide) groups is 1. The molecular formula is C25H27N7O5S2. The quantitative estimate of drug-likeness (QED) is 0.164. The van der Waals surface area contributed by atoms with Crippen LogP contribution in [0.4, 0.5) is 0 Å². The Morgan fingerprint density at radius 2 is 1.92 bits per heavy atom. The van der Waals surface area contributed by atoms with Gasteiger partial charge in [0.15, 0.2) is 20.5 Å². The van der Waals surface area contributed by atoms with Crippen LogP contribution in [0.15, 0.2) is 62.6 Å². The first-order valence-electron chi connectivity index (χ1n) is 12.6. The number of sulfone groups is 1. The number of nitrogens with zero attached hydrogens (tertiary/aromatic N) is 5. The van der Waals surface area contributed by atoms with Gasteiger partial charge in [0.25, 0.3) is 5.56 Å². The van der Waals surface area contributed by atoms with E-state index in [0.717, 1.165) is 15.1 Å². The molecule has 0 bridgehead atoms. The maximum absolute atomic E-state index is 13.4. The minimum Gasteiger partial charge on any atom is -0.356 e. The lowest BCUT2D eigenvalue weighted by molar-refractivity contribution is -0.121. The van der Waals surface area contributed by atoms with Gasteiger partial charge in [-0.1, -0.05) is 30.3 Å². The predicted molar refractivity (Wildman–Crippen MR) is 146 cm³/mol. The average Bonchev–Trinajstić information content (AvgIpc) is 3.41. The molecule has 1 aromatic carbocycles. The third-order valence-electron chi connectivity index (χ3n) is 6.39. The van der Waals surface area contributed by atoms with Gasteiger partial charge in [-0.05, 0) is 24.8 Å². The van der Waals surface area contributed by atoms with E-state index in [4.69, 9.17) is 0 Å². The molecule has 14 heteroatoms. The zero-order chi connectivity index (χ0) is 27.4. The highest BCUT2D eigenvalue weighted by Gasteiger charge is 2.32. The van der Waals surface area contributed by atoms with Crippen molar-refractivity contribution in [1.82, 2.24) is 34.4 Å². The summed E-state index contributed by atoms with van der Waals surface area (Å²) in [6.07, 6.45) is 4.63. The number of rotatable bonds is 10. The summed E-state index contributed by atoms with van der Waals surface area (Å²) in [6, 6.07) is 8.54. The number of imidazole rings is 1. The molecule has 0 aliphatic carbocycles. The number of aromatic amines is 1. The smallest absolute Gasteiger partial charge is 0.332 e. The van der Waals surface area contributed by atoms with Gasteiger partial charge in [0, 0.05) is 31.8 Å². The molecule has 0 saturated carbocycles. The molecule has 1 amide bonds. The molecule has 4 heterocycles. The van der Waals surface area contributed by atoms with E-state index in [1.165, 1.54) is 22.7 Å². The van der Waals surface area contributed by atoms with Crippen LogP contribution in [0.2, 0.25) is 0 Å². The topological polar surface area (TPSA) is 162 Å². The molecule has 0 spiro atoms. The lowest BCUT2D eigenvalue weighted by Gasteiger charge is -2.23. The SMILES string of the molecule is O=C(CCCSc1ncnc2nc[nH]c12)NCCCn1c(=O)c(-c2ccccc2)c2n(c1=O)CCCS2(=O)=O. The summed E-state index contributed by atoms with van der Waals surface area (Å²) in [4.78, 5) is 54.3. The third-order valence-corrected chi connectivity index (χ3v) is 9.30. The van der Waals surface area contributed by atoms with E-state index in [-0.39, 0.29) is 41.9 Å². The average molecular weight is 570 g/mol. The van der Waals surface area contributed by atoms with Crippen molar-refractivity contribution in [3.05, 3.63) is 63.8 Å². The molecule has 1 aliphatic heterocycles. The number of carbonyl (C=O) groups is 1. The fraction of sp³-hybridized carbons (Fsp3) is 0.360. The number of hydrogen-bond donors (Lipinski definition) is 2. The number of carbonyl (C=O) groups excluding carboxylic acids is 1. The second-order valence-electron chi connectivity index (χ2n) is 9.05. The van der Waals surface area contributed by atoms with Gasteiger partial charge in [-0.3, -0.25) is 18.7 Å². The Labute approximate surface area is 227 Å². The summed E-state index contributed by atoms with van der Waals surface area (Å²) in [5.74, 6) is 0.452. The van der Waals surface area contributed by atoms with Crippen LogP contribution in [0.5, 0.6) is 0 Å². The first-order valence-corrected chi connectivity index (χ1v) is 15.2. The third kappa shape index (κ3) is 5.66. The zero-order valence-electron chi connectivity index (χ0n) is 21.0. The highest BCUT2D eigenvalue weighted by Crippen LogP contribution is 2.27. The Morgan fingerprint density at radius 3 is 2.74 bits per heavy atom. The maximum atomic E-state index is 13.4. The summed E-state index contributed by atoms with van der Waals surface area (Å²) in [5, 5.41) is 3.41. The van der Waals surface area contributed by atoms with Gasteiger partial charge >= 0.3 is 5.69 Å². The van der Waals surface area contributed by atoms with Crippen molar-refractivity contribution in [2.75, 3.05) is 18.1 Å². The van der Waals surface area contributed by atoms with Crippen LogP contribution < -0.4 is 16.6 Å². The van der Waals surface area contributed by atoms with E-state index in [1.807, 2.05) is 0 Å². The molecule has 12 nitrogen and oxygen atoms in total. The number of aromatic nitrogens is 6. The van der Waals surface area contributed by atoms with E-state index in [9.17, 15) is 22.8 Å². The summed E-state index contributed by atoms with van der Waals surface area (Å²) < 4.78 is 28.0. The zero-order valence-corrected chi connectivity index (χ0v) is 22.6. The Morgan fingerprint density at radius 1 is 1.10 bits per heavy atom. The minimum absolute atomic E-state index is 0.0209. The largest absolute Gasteiger partial charge is 0.356 e. The molecule has 4 aromatic rings. The second kappa shape index (κ2) is 11.5. The Hall–Kier alpha value is -3.78. The van der Waals surface area contributed by atoms with E-state index >= 15 is 0 Å². The van der Waals surface area contributed by atoms with Crippen LogP contribution in [0.25, 0.3) is 22.3 Å². The monoisotopic (exact) mass is 569 g/mol. The van der Waals surface area contributed by atoms with Crippen LogP contribution in [-0.4, -0.2) is 61.4 Å².